The molecule has 0 aliphatic rings. The summed E-state index contributed by atoms with van der Waals surface area (Å²) in [5.41, 5.74) is 0.675. The highest BCUT2D eigenvalue weighted by Crippen LogP contribution is 2.08. The van der Waals surface area contributed by atoms with Crippen LogP contribution in [0, 0.1) is 11.6 Å². The van der Waals surface area contributed by atoms with Crippen molar-refractivity contribution in [3.8, 4) is 0 Å². The molecule has 0 bridgehead atoms. The first-order chi connectivity index (χ1) is 8.11. The van der Waals surface area contributed by atoms with Crippen LogP contribution in [0.25, 0.3) is 0 Å². The number of rotatable bonds is 7. The molecule has 0 saturated heterocycles. The summed E-state index contributed by atoms with van der Waals surface area (Å²) in [6, 6.07) is 3.96. The fourth-order valence-corrected chi connectivity index (χ4v) is 1.61. The van der Waals surface area contributed by atoms with Crippen LogP contribution < -0.4 is 5.32 Å². The summed E-state index contributed by atoms with van der Waals surface area (Å²) in [7, 11) is 1.67. The highest BCUT2D eigenvalue weighted by molar-refractivity contribution is 5.18. The molecular formula is C13H19F2NO. The van der Waals surface area contributed by atoms with E-state index in [9.17, 15) is 8.78 Å². The van der Waals surface area contributed by atoms with Crippen LogP contribution in [0.1, 0.15) is 18.9 Å². The number of nitrogens with one attached hydrogen (secondary N) is 1. The summed E-state index contributed by atoms with van der Waals surface area (Å²) < 4.78 is 30.8. The number of hydrogen-bond donors (Lipinski definition) is 1. The van der Waals surface area contributed by atoms with Gasteiger partial charge in [-0.1, -0.05) is 0 Å². The monoisotopic (exact) mass is 243 g/mol. The smallest absolute Gasteiger partial charge is 0.126 e. The lowest BCUT2D eigenvalue weighted by molar-refractivity contribution is 0.185. The second-order valence-corrected chi connectivity index (χ2v) is 4.16. The first-order valence-electron chi connectivity index (χ1n) is 5.79. The molecule has 0 spiro atoms. The van der Waals surface area contributed by atoms with Crippen LogP contribution in [0.2, 0.25) is 0 Å². The summed E-state index contributed by atoms with van der Waals surface area (Å²) in [4.78, 5) is 0. The molecule has 1 aromatic carbocycles. The van der Waals surface area contributed by atoms with Gasteiger partial charge in [0.2, 0.25) is 0 Å². The third-order valence-electron chi connectivity index (χ3n) is 2.58. The minimum Gasteiger partial charge on any atom is -0.385 e. The number of halogens is 2. The lowest BCUT2D eigenvalue weighted by Crippen LogP contribution is -2.29. The Morgan fingerprint density at radius 2 is 1.88 bits per heavy atom. The SMILES string of the molecule is COCCC(C)NCCc1cc(F)cc(F)c1. The Bertz CT molecular complexity index is 324. The Morgan fingerprint density at radius 1 is 1.24 bits per heavy atom. The van der Waals surface area contributed by atoms with E-state index >= 15 is 0 Å². The first kappa shape index (κ1) is 14.1. The number of hydrogen-bond acceptors (Lipinski definition) is 2. The molecule has 4 heteroatoms. The fourth-order valence-electron chi connectivity index (χ4n) is 1.61. The predicted octanol–water partition coefficient (Wildman–Crippen LogP) is 2.52. The van der Waals surface area contributed by atoms with E-state index in [1.807, 2.05) is 0 Å². The van der Waals surface area contributed by atoms with Crippen molar-refractivity contribution in [1.29, 1.82) is 0 Å². The molecule has 0 fully saturated rings. The maximum atomic E-state index is 12.9. The van der Waals surface area contributed by atoms with E-state index in [0.717, 1.165) is 12.5 Å². The van der Waals surface area contributed by atoms with E-state index in [2.05, 4.69) is 12.2 Å². The molecule has 0 amide bonds. The van der Waals surface area contributed by atoms with Gasteiger partial charge in [-0.05, 0) is 44.0 Å². The molecule has 17 heavy (non-hydrogen) atoms. The van der Waals surface area contributed by atoms with Crippen molar-refractivity contribution in [2.45, 2.75) is 25.8 Å². The topological polar surface area (TPSA) is 21.3 Å². The van der Waals surface area contributed by atoms with Gasteiger partial charge in [-0.3, -0.25) is 0 Å². The van der Waals surface area contributed by atoms with E-state index < -0.39 is 11.6 Å². The van der Waals surface area contributed by atoms with Gasteiger partial charge >= 0.3 is 0 Å². The quantitative estimate of drug-likeness (QED) is 0.794. The zero-order valence-corrected chi connectivity index (χ0v) is 10.3. The average Bonchev–Trinajstić information content (AvgIpc) is 2.25. The molecule has 0 aliphatic carbocycles. The molecule has 1 N–H and O–H groups in total. The van der Waals surface area contributed by atoms with Crippen LogP contribution in [0.4, 0.5) is 8.78 Å². The maximum Gasteiger partial charge on any atom is 0.126 e. The lowest BCUT2D eigenvalue weighted by atomic mass is 10.1. The normalized spacial score (nSPS) is 12.7. The Hall–Kier alpha value is -1.00. The van der Waals surface area contributed by atoms with Crippen molar-refractivity contribution in [2.75, 3.05) is 20.3 Å². The Labute approximate surface area is 101 Å². The van der Waals surface area contributed by atoms with Gasteiger partial charge in [-0.15, -0.1) is 0 Å². The van der Waals surface area contributed by atoms with Gasteiger partial charge in [-0.25, -0.2) is 8.78 Å². The van der Waals surface area contributed by atoms with Crippen LogP contribution in [-0.2, 0) is 11.2 Å². The first-order valence-corrected chi connectivity index (χ1v) is 5.79. The summed E-state index contributed by atoms with van der Waals surface area (Å²) in [5, 5.41) is 3.28. The van der Waals surface area contributed by atoms with E-state index in [1.165, 1.54) is 12.1 Å². The molecule has 96 valence electrons. The molecule has 1 rings (SSSR count). The molecule has 0 saturated carbocycles. The molecule has 0 aliphatic heterocycles. The van der Waals surface area contributed by atoms with Crippen molar-refractivity contribution in [3.05, 3.63) is 35.4 Å². The highest BCUT2D eigenvalue weighted by Gasteiger charge is 2.03. The minimum absolute atomic E-state index is 0.341. The Balaban J connectivity index is 2.30. The van der Waals surface area contributed by atoms with E-state index in [-0.39, 0.29) is 0 Å². The maximum absolute atomic E-state index is 12.9. The van der Waals surface area contributed by atoms with E-state index in [4.69, 9.17) is 4.74 Å². The van der Waals surface area contributed by atoms with Crippen LogP contribution >= 0.6 is 0 Å². The highest BCUT2D eigenvalue weighted by atomic mass is 19.1. The molecule has 0 aromatic heterocycles. The lowest BCUT2D eigenvalue weighted by Gasteiger charge is -2.13. The second-order valence-electron chi connectivity index (χ2n) is 4.16. The number of benzene rings is 1. The fraction of sp³-hybridized carbons (Fsp3) is 0.538. The van der Waals surface area contributed by atoms with Crippen molar-refractivity contribution >= 4 is 0 Å². The Morgan fingerprint density at radius 3 is 2.47 bits per heavy atom. The van der Waals surface area contributed by atoms with Crippen molar-refractivity contribution in [1.82, 2.24) is 5.32 Å². The van der Waals surface area contributed by atoms with Gasteiger partial charge in [0.25, 0.3) is 0 Å². The van der Waals surface area contributed by atoms with E-state index in [1.54, 1.807) is 7.11 Å². The second kappa shape index (κ2) is 7.35. The number of ether oxygens (including phenoxy) is 1. The van der Waals surface area contributed by atoms with Crippen LogP contribution in [0.3, 0.4) is 0 Å². The largest absolute Gasteiger partial charge is 0.385 e. The van der Waals surface area contributed by atoms with Crippen molar-refractivity contribution in [2.24, 2.45) is 0 Å². The zero-order chi connectivity index (χ0) is 12.7. The molecule has 1 atom stereocenters. The summed E-state index contributed by atoms with van der Waals surface area (Å²) in [6.45, 7) is 3.47. The average molecular weight is 243 g/mol. The number of methoxy groups -OCH3 is 1. The molecule has 2 nitrogen and oxygen atoms in total. The van der Waals surface area contributed by atoms with Gasteiger partial charge in [-0.2, -0.15) is 0 Å². The van der Waals surface area contributed by atoms with Gasteiger partial charge < -0.3 is 10.1 Å². The summed E-state index contributed by atoms with van der Waals surface area (Å²) in [5.74, 6) is -1.04. The van der Waals surface area contributed by atoms with Gasteiger partial charge in [0, 0.05) is 25.8 Å². The van der Waals surface area contributed by atoms with Crippen LogP contribution in [0.15, 0.2) is 18.2 Å². The molecular weight excluding hydrogens is 224 g/mol. The third kappa shape index (κ3) is 5.75. The van der Waals surface area contributed by atoms with Crippen molar-refractivity contribution in [3.63, 3.8) is 0 Å². The van der Waals surface area contributed by atoms with E-state index in [0.29, 0.717) is 31.2 Å². The molecule has 1 aromatic rings. The third-order valence-corrected chi connectivity index (χ3v) is 2.58. The zero-order valence-electron chi connectivity index (χ0n) is 10.3. The Kier molecular flexibility index (Phi) is 6.08. The van der Waals surface area contributed by atoms with Crippen LogP contribution in [0.5, 0.6) is 0 Å². The summed E-state index contributed by atoms with van der Waals surface area (Å²) in [6.07, 6.45) is 1.54. The van der Waals surface area contributed by atoms with Gasteiger partial charge in [0.1, 0.15) is 11.6 Å². The standard InChI is InChI=1S/C13H19F2NO/c1-10(4-6-17-2)16-5-3-11-7-12(14)9-13(15)8-11/h7-10,16H,3-6H2,1-2H3. The summed E-state index contributed by atoms with van der Waals surface area (Å²) >= 11 is 0. The molecule has 1 unspecified atom stereocenters. The van der Waals surface area contributed by atoms with Crippen molar-refractivity contribution < 1.29 is 13.5 Å². The van der Waals surface area contributed by atoms with Gasteiger partial charge in [0.05, 0.1) is 0 Å². The molecule has 0 heterocycles. The molecule has 0 radical (unpaired) electrons. The van der Waals surface area contributed by atoms with Gasteiger partial charge in [0.15, 0.2) is 0 Å². The minimum atomic E-state index is -0.521. The predicted molar refractivity (Wildman–Crippen MR) is 64.0 cm³/mol. The van der Waals surface area contributed by atoms with Crippen LogP contribution in [-0.4, -0.2) is 26.3 Å².